The molecule has 0 radical (unpaired) electrons. The van der Waals surface area contributed by atoms with Crippen LogP contribution in [0.5, 0.6) is 11.5 Å². The van der Waals surface area contributed by atoms with Gasteiger partial charge in [-0.3, -0.25) is 29.5 Å². The molecule has 0 bridgehead atoms. The molecule has 13 heteroatoms. The maximum absolute atomic E-state index is 10.2. The second-order valence-electron chi connectivity index (χ2n) is 9.50. The number of nitrogens with zero attached hydrogens (tertiary/aromatic N) is 6. The number of carbonyl (C=O) groups excluding carboxylic acids is 2. The van der Waals surface area contributed by atoms with Crippen LogP contribution >= 0.6 is 12.2 Å². The third kappa shape index (κ3) is 19.1. The van der Waals surface area contributed by atoms with E-state index in [0.29, 0.717) is 35.8 Å². The number of rotatable bonds is 14. The van der Waals surface area contributed by atoms with Crippen molar-refractivity contribution in [2.45, 2.75) is 65.2 Å². The second-order valence-corrected chi connectivity index (χ2v) is 9.87. The first-order chi connectivity index (χ1) is 22.5. The number of thiocyanates is 1. The summed E-state index contributed by atoms with van der Waals surface area (Å²) in [6.45, 7) is 5.02. The fourth-order valence-electron chi connectivity index (χ4n) is 4.09. The van der Waals surface area contributed by atoms with E-state index in [1.165, 1.54) is 79.0 Å². The Hall–Kier alpha value is -4.33. The smallest absolute Gasteiger partial charge is 0.753 e. The fraction of sp³-hybridized carbons (Fsp3) is 0.294. The van der Waals surface area contributed by atoms with E-state index in [-0.39, 0.29) is 19.5 Å². The van der Waals surface area contributed by atoms with Crippen LogP contribution in [0.15, 0.2) is 73.3 Å². The Morgan fingerprint density at radius 3 is 1.64 bits per heavy atom. The Bertz CT molecular complexity index is 1500. The predicted molar refractivity (Wildman–Crippen MR) is 184 cm³/mol. The Kier molecular flexibility index (Phi) is 25.4. The number of hydrogen-bond donors (Lipinski definition) is 0. The average molecular weight is 758 g/mol. The van der Waals surface area contributed by atoms with E-state index in [2.05, 4.69) is 76.8 Å². The van der Waals surface area contributed by atoms with Gasteiger partial charge in [0, 0.05) is 36.9 Å². The quantitative estimate of drug-likeness (QED) is 0.0238. The molecule has 0 amide bonds. The van der Waals surface area contributed by atoms with Gasteiger partial charge in [-0.05, 0) is 67.3 Å². The van der Waals surface area contributed by atoms with Crippen molar-refractivity contribution in [2.24, 2.45) is 0 Å². The molecule has 246 valence electrons. The van der Waals surface area contributed by atoms with Crippen LogP contribution in [0.1, 0.15) is 63.0 Å². The predicted octanol–water partition coefficient (Wildman–Crippen LogP) is 7.63. The Morgan fingerprint density at radius 1 is 0.766 bits per heavy atom. The average Bonchev–Trinajstić information content (AvgIpc) is 3.06. The number of isothiocyanates is 1. The van der Waals surface area contributed by atoms with Gasteiger partial charge >= 0.3 is 19.5 Å². The van der Waals surface area contributed by atoms with Gasteiger partial charge in [-0.1, -0.05) is 63.1 Å². The van der Waals surface area contributed by atoms with Crippen molar-refractivity contribution >= 4 is 43.0 Å². The molecule has 4 aromatic heterocycles. The minimum atomic E-state index is 0. The van der Waals surface area contributed by atoms with Crippen LogP contribution in [0.2, 0.25) is 0 Å². The van der Waals surface area contributed by atoms with E-state index in [1.54, 1.807) is 24.3 Å². The van der Waals surface area contributed by atoms with Crippen LogP contribution in [0, 0.1) is 17.6 Å². The summed E-state index contributed by atoms with van der Waals surface area (Å²) in [5.41, 5.74) is 5.58. The number of aryl methyl sites for hydroxylation is 2. The van der Waals surface area contributed by atoms with Gasteiger partial charge in [0.1, 0.15) is 11.5 Å². The zero-order chi connectivity index (χ0) is 33.8. The molecular weight excluding hydrogens is 722 g/mol. The van der Waals surface area contributed by atoms with Gasteiger partial charge in [-0.25, -0.2) is 5.26 Å². The molecule has 0 saturated carbocycles. The molecule has 4 heterocycles. The Morgan fingerprint density at radius 2 is 1.17 bits per heavy atom. The van der Waals surface area contributed by atoms with Gasteiger partial charge in [0.05, 0.1) is 22.8 Å². The van der Waals surface area contributed by atoms with E-state index < -0.39 is 0 Å². The van der Waals surface area contributed by atoms with Gasteiger partial charge in [0.15, 0.2) is 0 Å². The second kappa shape index (κ2) is 27.9. The Balaban J connectivity index is 0.000000766. The molecule has 0 atom stereocenters. The minimum Gasteiger partial charge on any atom is -0.753 e. The molecule has 0 unspecified atom stereocenters. The zero-order valence-corrected chi connectivity index (χ0v) is 29.6. The molecule has 47 heavy (non-hydrogen) atoms. The minimum absolute atomic E-state index is 0. The number of carbonyl (C=O) groups is 2. The van der Waals surface area contributed by atoms with Gasteiger partial charge in [-0.2, -0.15) is 5.16 Å². The molecule has 4 rings (SSSR count). The molecule has 0 aromatic carbocycles. The standard InChI is InChI=1S/C20H28N2.C12H8N2O4.CHNS.CNS.Ru/c1-3-4-5-6-7-8-9-10-18-12-14-22-20(16-18)19-15-17(2)11-13-21-19;15-7-17-9-1-3-13-11(5-9)12-6-10(18-8-16)2-4-14-12;2*2-1-3;/h11-16H,3-10H2,1-2H3;1-8H;3H;;/q;;;-1;+2/p-1. The molecule has 10 nitrogen and oxygen atoms in total. The summed E-state index contributed by atoms with van der Waals surface area (Å²) in [6, 6.07) is 14.6. The monoisotopic (exact) mass is 758 g/mol. The summed E-state index contributed by atoms with van der Waals surface area (Å²) in [6.07, 6.45) is 17.4. The summed E-state index contributed by atoms with van der Waals surface area (Å²) < 4.78 is 9.42. The summed E-state index contributed by atoms with van der Waals surface area (Å²) in [4.78, 5) is 37.6. The summed E-state index contributed by atoms with van der Waals surface area (Å²) in [5.74, 6) is 0.719. The van der Waals surface area contributed by atoms with E-state index in [9.17, 15) is 9.59 Å². The van der Waals surface area contributed by atoms with E-state index in [0.717, 1.165) is 17.8 Å². The molecular formula is C34H36N6O4RuS2. The molecule has 0 spiro atoms. The van der Waals surface area contributed by atoms with Crippen LogP contribution < -0.4 is 9.47 Å². The van der Waals surface area contributed by atoms with E-state index in [1.807, 2.05) is 18.5 Å². The topological polar surface area (TPSA) is 150 Å². The third-order valence-corrected chi connectivity index (χ3v) is 6.16. The number of pyridine rings is 4. The van der Waals surface area contributed by atoms with E-state index >= 15 is 0 Å². The number of unbranched alkanes of at least 4 members (excludes halogenated alkanes) is 6. The van der Waals surface area contributed by atoms with Crippen LogP contribution in [-0.2, 0) is 48.1 Å². The third-order valence-electron chi connectivity index (χ3n) is 6.16. The van der Waals surface area contributed by atoms with Crippen LogP contribution in [0.3, 0.4) is 0 Å². The van der Waals surface area contributed by atoms with Crippen molar-refractivity contribution in [3.8, 4) is 39.7 Å². The molecule has 0 N–H and O–H groups in total. The number of aromatic nitrogens is 4. The Labute approximate surface area is 300 Å². The maximum atomic E-state index is 10.2. The number of thiocarbonyl (C=S) groups is 1. The molecule has 0 fully saturated rings. The summed E-state index contributed by atoms with van der Waals surface area (Å²) in [7, 11) is 0. The van der Waals surface area contributed by atoms with Crippen molar-refractivity contribution in [1.82, 2.24) is 19.9 Å². The van der Waals surface area contributed by atoms with Gasteiger partial charge in [-0.15, -0.1) is 0 Å². The number of nitriles is 1. The van der Waals surface area contributed by atoms with Gasteiger partial charge in [0.2, 0.25) is 0 Å². The molecule has 0 saturated heterocycles. The first kappa shape index (κ1) is 42.7. The zero-order valence-electron chi connectivity index (χ0n) is 26.2. The molecule has 0 aliphatic carbocycles. The fourth-order valence-corrected chi connectivity index (χ4v) is 4.09. The SMILES string of the molecule is CCCCCCCCCc1ccnc(-c2cc(C)ccn2)c1.N#C[S-].O=COc1ccnc(-c2cc(OC=O)ccn2)c1.[N-]=C=S.[Ru+2]. The van der Waals surface area contributed by atoms with Gasteiger partial charge < -0.3 is 27.5 Å². The first-order valence-corrected chi connectivity index (χ1v) is 15.3. The van der Waals surface area contributed by atoms with Crippen molar-refractivity contribution in [2.75, 3.05) is 0 Å². The van der Waals surface area contributed by atoms with Crippen molar-refractivity contribution in [1.29, 1.82) is 5.26 Å². The van der Waals surface area contributed by atoms with Crippen LogP contribution in [0.4, 0.5) is 0 Å². The van der Waals surface area contributed by atoms with Gasteiger partial charge in [0.25, 0.3) is 12.9 Å². The number of ether oxygens (including phenoxy) is 2. The molecule has 0 aliphatic rings. The normalized spacial score (nSPS) is 9.04. The van der Waals surface area contributed by atoms with Crippen LogP contribution in [-0.4, -0.2) is 38.0 Å². The molecule has 0 aliphatic heterocycles. The first-order valence-electron chi connectivity index (χ1n) is 14.5. The van der Waals surface area contributed by atoms with Crippen LogP contribution in [0.25, 0.3) is 28.2 Å². The number of hydrogen-bond acceptors (Lipinski definition) is 11. The maximum Gasteiger partial charge on any atom is 2.00 e. The largest absolute Gasteiger partial charge is 2.00 e. The van der Waals surface area contributed by atoms with Crippen molar-refractivity contribution < 1.29 is 38.5 Å². The summed E-state index contributed by atoms with van der Waals surface area (Å²) in [5, 5.41) is 16.9. The summed E-state index contributed by atoms with van der Waals surface area (Å²) >= 11 is 7.40. The van der Waals surface area contributed by atoms with Crippen molar-refractivity contribution in [3.05, 3.63) is 89.9 Å². The molecule has 4 aromatic rings. The van der Waals surface area contributed by atoms with E-state index in [4.69, 9.17) is 20.1 Å². The van der Waals surface area contributed by atoms with Crippen molar-refractivity contribution in [3.63, 3.8) is 0 Å².